The van der Waals surface area contributed by atoms with E-state index >= 15 is 0 Å². The van der Waals surface area contributed by atoms with Gasteiger partial charge in [0.15, 0.2) is 0 Å². The maximum absolute atomic E-state index is 11.3. The SMILES string of the molecule is CC(COc1ccc(CO)cc1)(NC1CC1)C(=O)O. The van der Waals surface area contributed by atoms with Crippen LogP contribution in [0.25, 0.3) is 0 Å². The molecule has 1 aromatic carbocycles. The molecule has 1 unspecified atom stereocenters. The molecule has 1 aliphatic rings. The maximum Gasteiger partial charge on any atom is 0.327 e. The van der Waals surface area contributed by atoms with Gasteiger partial charge in [0.05, 0.1) is 6.61 Å². The summed E-state index contributed by atoms with van der Waals surface area (Å²) in [5.41, 5.74) is -0.277. The molecule has 19 heavy (non-hydrogen) atoms. The van der Waals surface area contributed by atoms with E-state index in [-0.39, 0.29) is 13.2 Å². The highest BCUT2D eigenvalue weighted by Gasteiger charge is 2.39. The van der Waals surface area contributed by atoms with E-state index in [9.17, 15) is 9.90 Å². The molecule has 0 radical (unpaired) electrons. The van der Waals surface area contributed by atoms with Crippen LogP contribution in [0.5, 0.6) is 5.75 Å². The zero-order valence-electron chi connectivity index (χ0n) is 10.9. The highest BCUT2D eigenvalue weighted by Crippen LogP contribution is 2.23. The van der Waals surface area contributed by atoms with E-state index in [4.69, 9.17) is 9.84 Å². The second kappa shape index (κ2) is 5.59. The lowest BCUT2D eigenvalue weighted by atomic mass is 10.0. The summed E-state index contributed by atoms with van der Waals surface area (Å²) >= 11 is 0. The van der Waals surface area contributed by atoms with Gasteiger partial charge in [-0.05, 0) is 37.5 Å². The maximum atomic E-state index is 11.3. The van der Waals surface area contributed by atoms with Crippen LogP contribution in [-0.2, 0) is 11.4 Å². The molecule has 0 bridgehead atoms. The number of nitrogens with one attached hydrogen (secondary N) is 1. The van der Waals surface area contributed by atoms with Crippen LogP contribution in [0.4, 0.5) is 0 Å². The Bertz CT molecular complexity index is 441. The quantitative estimate of drug-likeness (QED) is 0.689. The van der Waals surface area contributed by atoms with Crippen molar-refractivity contribution in [1.82, 2.24) is 5.32 Å². The first-order chi connectivity index (χ1) is 9.03. The van der Waals surface area contributed by atoms with Crippen LogP contribution in [0.2, 0.25) is 0 Å². The lowest BCUT2D eigenvalue weighted by Gasteiger charge is -2.26. The molecule has 1 fully saturated rings. The fourth-order valence-corrected chi connectivity index (χ4v) is 1.76. The minimum Gasteiger partial charge on any atom is -0.491 e. The minimum absolute atomic E-state index is 0.0175. The Morgan fingerprint density at radius 1 is 1.42 bits per heavy atom. The average molecular weight is 265 g/mol. The van der Waals surface area contributed by atoms with Crippen LogP contribution >= 0.6 is 0 Å². The smallest absolute Gasteiger partial charge is 0.327 e. The van der Waals surface area contributed by atoms with Gasteiger partial charge >= 0.3 is 5.97 Å². The topological polar surface area (TPSA) is 78.8 Å². The van der Waals surface area contributed by atoms with Crippen molar-refractivity contribution in [2.75, 3.05) is 6.61 Å². The number of rotatable bonds is 7. The molecule has 2 rings (SSSR count). The third-order valence-electron chi connectivity index (χ3n) is 3.21. The van der Waals surface area contributed by atoms with E-state index in [1.807, 2.05) is 0 Å². The Balaban J connectivity index is 1.95. The van der Waals surface area contributed by atoms with Crippen molar-refractivity contribution in [3.63, 3.8) is 0 Å². The lowest BCUT2D eigenvalue weighted by Crippen LogP contribution is -2.54. The molecule has 0 amide bonds. The number of carboxylic acid groups (broad SMARTS) is 1. The Morgan fingerprint density at radius 3 is 2.53 bits per heavy atom. The summed E-state index contributed by atoms with van der Waals surface area (Å²) in [5.74, 6) is -0.311. The molecule has 1 saturated carbocycles. The summed E-state index contributed by atoms with van der Waals surface area (Å²) in [6, 6.07) is 7.25. The molecule has 5 nitrogen and oxygen atoms in total. The van der Waals surface area contributed by atoms with Gasteiger partial charge in [0, 0.05) is 6.04 Å². The number of ether oxygens (including phenoxy) is 1. The molecule has 3 N–H and O–H groups in total. The Morgan fingerprint density at radius 2 is 2.05 bits per heavy atom. The predicted octanol–water partition coefficient (Wildman–Crippen LogP) is 1.15. The largest absolute Gasteiger partial charge is 0.491 e. The molecule has 0 saturated heterocycles. The Hall–Kier alpha value is -1.59. The van der Waals surface area contributed by atoms with Crippen molar-refractivity contribution < 1.29 is 19.7 Å². The molecule has 104 valence electrons. The summed E-state index contributed by atoms with van der Waals surface area (Å²) in [6.45, 7) is 1.68. The highest BCUT2D eigenvalue weighted by molar-refractivity contribution is 5.78. The van der Waals surface area contributed by atoms with Crippen LogP contribution in [0.15, 0.2) is 24.3 Å². The van der Waals surface area contributed by atoms with Crippen LogP contribution in [-0.4, -0.2) is 34.4 Å². The summed E-state index contributed by atoms with van der Waals surface area (Å²) in [7, 11) is 0. The molecular weight excluding hydrogens is 246 g/mol. The molecule has 0 aromatic heterocycles. The summed E-state index contributed by atoms with van der Waals surface area (Å²) in [6.07, 6.45) is 2.04. The van der Waals surface area contributed by atoms with E-state index in [0.717, 1.165) is 18.4 Å². The van der Waals surface area contributed by atoms with Crippen molar-refractivity contribution in [2.45, 2.75) is 38.0 Å². The molecular formula is C14H19NO4. The van der Waals surface area contributed by atoms with Gasteiger partial charge in [0.25, 0.3) is 0 Å². The van der Waals surface area contributed by atoms with Crippen LogP contribution in [0.3, 0.4) is 0 Å². The van der Waals surface area contributed by atoms with Crippen molar-refractivity contribution in [3.05, 3.63) is 29.8 Å². The number of aliphatic hydroxyl groups excluding tert-OH is 1. The third-order valence-corrected chi connectivity index (χ3v) is 3.21. The second-order valence-electron chi connectivity index (χ2n) is 5.15. The molecule has 1 aromatic rings. The molecule has 0 spiro atoms. The number of aliphatic carboxylic acids is 1. The van der Waals surface area contributed by atoms with Crippen molar-refractivity contribution in [2.24, 2.45) is 0 Å². The number of aliphatic hydroxyl groups is 1. The molecule has 1 atom stereocenters. The zero-order chi connectivity index (χ0) is 13.9. The predicted molar refractivity (Wildman–Crippen MR) is 70.1 cm³/mol. The zero-order valence-corrected chi connectivity index (χ0v) is 10.9. The third kappa shape index (κ3) is 3.68. The second-order valence-corrected chi connectivity index (χ2v) is 5.15. The van der Waals surface area contributed by atoms with Crippen molar-refractivity contribution in [1.29, 1.82) is 0 Å². The molecule has 0 heterocycles. The van der Waals surface area contributed by atoms with Gasteiger partial charge in [-0.1, -0.05) is 12.1 Å². The number of benzene rings is 1. The van der Waals surface area contributed by atoms with Crippen LogP contribution in [0.1, 0.15) is 25.3 Å². The fraction of sp³-hybridized carbons (Fsp3) is 0.500. The van der Waals surface area contributed by atoms with Gasteiger partial charge in [-0.15, -0.1) is 0 Å². The first-order valence-corrected chi connectivity index (χ1v) is 6.37. The minimum atomic E-state index is -1.07. The van der Waals surface area contributed by atoms with Gasteiger partial charge in [-0.2, -0.15) is 0 Å². The van der Waals surface area contributed by atoms with E-state index in [1.54, 1.807) is 31.2 Å². The molecule has 0 aliphatic heterocycles. The molecule has 5 heteroatoms. The van der Waals surface area contributed by atoms with Crippen molar-refractivity contribution >= 4 is 5.97 Å². The van der Waals surface area contributed by atoms with E-state index in [2.05, 4.69) is 5.32 Å². The number of carboxylic acids is 1. The lowest BCUT2D eigenvalue weighted by molar-refractivity contribution is -0.145. The molecule has 1 aliphatic carbocycles. The van der Waals surface area contributed by atoms with Gasteiger partial charge in [-0.25, -0.2) is 0 Å². The van der Waals surface area contributed by atoms with Gasteiger partial charge < -0.3 is 14.9 Å². The standard InChI is InChI=1S/C14H19NO4/c1-14(13(17)18,15-11-4-5-11)9-19-12-6-2-10(8-16)3-7-12/h2-3,6-7,11,15-16H,4-5,8-9H2,1H3,(H,17,18). The number of carbonyl (C=O) groups is 1. The normalized spacial score (nSPS) is 17.8. The first kappa shape index (κ1) is 13.8. The Labute approximate surface area is 112 Å². The van der Waals surface area contributed by atoms with E-state index in [1.165, 1.54) is 0 Å². The summed E-state index contributed by atoms with van der Waals surface area (Å²) < 4.78 is 5.54. The highest BCUT2D eigenvalue weighted by atomic mass is 16.5. The first-order valence-electron chi connectivity index (χ1n) is 6.37. The van der Waals surface area contributed by atoms with Crippen molar-refractivity contribution in [3.8, 4) is 5.75 Å². The average Bonchev–Trinajstić information content (AvgIpc) is 3.20. The van der Waals surface area contributed by atoms with Crippen LogP contribution < -0.4 is 10.1 Å². The van der Waals surface area contributed by atoms with E-state index < -0.39 is 11.5 Å². The van der Waals surface area contributed by atoms with Gasteiger partial charge in [0.2, 0.25) is 0 Å². The fourth-order valence-electron chi connectivity index (χ4n) is 1.76. The van der Waals surface area contributed by atoms with Gasteiger partial charge in [0.1, 0.15) is 17.9 Å². The number of hydrogen-bond acceptors (Lipinski definition) is 4. The summed E-state index contributed by atoms with van der Waals surface area (Å²) in [4.78, 5) is 11.3. The summed E-state index contributed by atoms with van der Waals surface area (Å²) in [5, 5.41) is 21.3. The monoisotopic (exact) mass is 265 g/mol. The van der Waals surface area contributed by atoms with E-state index in [0.29, 0.717) is 11.8 Å². The number of hydrogen-bond donors (Lipinski definition) is 3. The van der Waals surface area contributed by atoms with Crippen LogP contribution in [0, 0.1) is 0 Å². The Kier molecular flexibility index (Phi) is 4.07. The van der Waals surface area contributed by atoms with Gasteiger partial charge in [-0.3, -0.25) is 10.1 Å².